The summed E-state index contributed by atoms with van der Waals surface area (Å²) in [6.45, 7) is 3.98. The summed E-state index contributed by atoms with van der Waals surface area (Å²) in [7, 11) is 0. The lowest BCUT2D eigenvalue weighted by Gasteiger charge is -2.04. The molecule has 1 amide bonds. The lowest BCUT2D eigenvalue weighted by molar-refractivity contribution is -0.115. The van der Waals surface area contributed by atoms with Gasteiger partial charge >= 0.3 is 0 Å². The Hall–Kier alpha value is -2.34. The molecule has 0 aliphatic carbocycles. The first-order chi connectivity index (χ1) is 10.6. The van der Waals surface area contributed by atoms with Crippen molar-refractivity contribution in [3.8, 4) is 11.3 Å². The van der Waals surface area contributed by atoms with Crippen molar-refractivity contribution in [3.63, 3.8) is 0 Å². The summed E-state index contributed by atoms with van der Waals surface area (Å²) in [6, 6.07) is 12.0. The molecule has 0 radical (unpaired) electrons. The third-order valence-electron chi connectivity index (χ3n) is 3.27. The highest BCUT2D eigenvalue weighted by molar-refractivity contribution is 7.99. The molecule has 1 aromatic carbocycles. The summed E-state index contributed by atoms with van der Waals surface area (Å²) in [5.74, 6) is -0.186. The molecule has 0 spiro atoms. The van der Waals surface area contributed by atoms with E-state index >= 15 is 0 Å². The first-order valence-electron chi connectivity index (χ1n) is 6.90. The first kappa shape index (κ1) is 14.6. The van der Waals surface area contributed by atoms with Crippen LogP contribution in [0.3, 0.4) is 0 Å². The number of hydrogen-bond acceptors (Lipinski definition) is 4. The van der Waals surface area contributed by atoms with Gasteiger partial charge in [0.25, 0.3) is 0 Å². The van der Waals surface area contributed by atoms with E-state index in [0.717, 1.165) is 28.0 Å². The molecule has 0 atom stereocenters. The van der Waals surface area contributed by atoms with Crippen molar-refractivity contribution in [2.45, 2.75) is 19.0 Å². The molecule has 6 heteroatoms. The number of rotatable bonds is 4. The summed E-state index contributed by atoms with van der Waals surface area (Å²) < 4.78 is 1.81. The van der Waals surface area contributed by atoms with Gasteiger partial charge in [0.1, 0.15) is 0 Å². The fourth-order valence-corrected chi connectivity index (χ4v) is 3.11. The van der Waals surface area contributed by atoms with E-state index in [4.69, 9.17) is 5.73 Å². The number of hydrogen-bond donors (Lipinski definition) is 1. The van der Waals surface area contributed by atoms with Crippen LogP contribution in [-0.4, -0.2) is 26.3 Å². The van der Waals surface area contributed by atoms with E-state index in [1.165, 1.54) is 11.8 Å². The third-order valence-corrected chi connectivity index (χ3v) is 4.22. The number of thioether (sulfide) groups is 1. The minimum absolute atomic E-state index is 0.183. The van der Waals surface area contributed by atoms with Crippen molar-refractivity contribution in [2.24, 2.45) is 5.73 Å². The van der Waals surface area contributed by atoms with Crippen LogP contribution in [0.15, 0.2) is 41.6 Å². The summed E-state index contributed by atoms with van der Waals surface area (Å²) in [5.41, 5.74) is 10.1. The number of amides is 1. The maximum atomic E-state index is 11.1. The van der Waals surface area contributed by atoms with Gasteiger partial charge in [0.05, 0.1) is 22.7 Å². The molecule has 2 heterocycles. The molecule has 0 aliphatic rings. The molecule has 2 aromatic heterocycles. The molecular weight excluding hydrogens is 296 g/mol. The van der Waals surface area contributed by atoms with E-state index in [1.807, 2.05) is 50.2 Å². The van der Waals surface area contributed by atoms with Crippen molar-refractivity contribution < 1.29 is 4.79 Å². The highest BCUT2D eigenvalue weighted by Gasteiger charge is 2.17. The number of nitrogens with zero attached hydrogens (tertiary/aromatic N) is 3. The predicted molar refractivity (Wildman–Crippen MR) is 87.8 cm³/mol. The Labute approximate surface area is 132 Å². The maximum absolute atomic E-state index is 11.1. The van der Waals surface area contributed by atoms with Gasteiger partial charge < -0.3 is 5.73 Å². The zero-order valence-electron chi connectivity index (χ0n) is 12.4. The van der Waals surface area contributed by atoms with Crippen molar-refractivity contribution >= 4 is 23.2 Å². The quantitative estimate of drug-likeness (QED) is 0.752. The third kappa shape index (κ3) is 2.69. The molecule has 0 aliphatic heterocycles. The van der Waals surface area contributed by atoms with Gasteiger partial charge in [-0.25, -0.2) is 9.50 Å². The number of primary amides is 1. The maximum Gasteiger partial charge on any atom is 0.227 e. The van der Waals surface area contributed by atoms with E-state index in [2.05, 4.69) is 10.1 Å². The molecule has 2 N–H and O–H groups in total. The van der Waals surface area contributed by atoms with Crippen LogP contribution < -0.4 is 5.73 Å². The number of aryl methyl sites for hydroxylation is 2. The van der Waals surface area contributed by atoms with E-state index in [9.17, 15) is 4.79 Å². The van der Waals surface area contributed by atoms with Crippen molar-refractivity contribution in [1.82, 2.24) is 14.6 Å². The molecular formula is C16H16N4OS. The standard InChI is InChI=1S/C16H16N4OS/c1-10-8-11(2)19-20-15(10)14(12-6-4-3-5-7-12)18-16(20)22-9-13(17)21/h3-8H,9H2,1-2H3,(H2,17,21). The van der Waals surface area contributed by atoms with Gasteiger partial charge in [-0.2, -0.15) is 5.10 Å². The zero-order chi connectivity index (χ0) is 15.7. The number of benzene rings is 1. The van der Waals surface area contributed by atoms with Crippen LogP contribution in [0.1, 0.15) is 11.3 Å². The fourth-order valence-electron chi connectivity index (χ4n) is 2.43. The summed E-state index contributed by atoms with van der Waals surface area (Å²) >= 11 is 1.31. The van der Waals surface area contributed by atoms with Gasteiger partial charge in [-0.15, -0.1) is 0 Å². The highest BCUT2D eigenvalue weighted by atomic mass is 32.2. The summed E-state index contributed by atoms with van der Waals surface area (Å²) in [4.78, 5) is 15.8. The molecule has 3 aromatic rings. The SMILES string of the molecule is Cc1cc(C)c2c(-c3ccccc3)nc(SCC(N)=O)n2n1. The first-order valence-corrected chi connectivity index (χ1v) is 7.88. The van der Waals surface area contributed by atoms with E-state index < -0.39 is 0 Å². The Morgan fingerprint density at radius 2 is 2.00 bits per heavy atom. The fraction of sp³-hybridized carbons (Fsp3) is 0.188. The Kier molecular flexibility index (Phi) is 3.85. The smallest absolute Gasteiger partial charge is 0.227 e. The molecule has 0 saturated heterocycles. The molecule has 0 fully saturated rings. The second-order valence-corrected chi connectivity index (χ2v) is 6.04. The molecule has 0 unspecified atom stereocenters. The van der Waals surface area contributed by atoms with Crippen LogP contribution in [0.25, 0.3) is 16.8 Å². The molecule has 112 valence electrons. The van der Waals surface area contributed by atoms with Crippen LogP contribution in [0.4, 0.5) is 0 Å². The lowest BCUT2D eigenvalue weighted by atomic mass is 10.1. The second kappa shape index (κ2) is 5.81. The van der Waals surface area contributed by atoms with Crippen LogP contribution in [0, 0.1) is 13.8 Å². The summed E-state index contributed by atoms with van der Waals surface area (Å²) in [5, 5.41) is 5.22. The van der Waals surface area contributed by atoms with Gasteiger partial charge in [-0.05, 0) is 25.5 Å². The van der Waals surface area contributed by atoms with E-state index in [1.54, 1.807) is 4.52 Å². The number of carbonyl (C=O) groups excluding carboxylic acids is 1. The zero-order valence-corrected chi connectivity index (χ0v) is 13.2. The second-order valence-electron chi connectivity index (χ2n) is 5.09. The van der Waals surface area contributed by atoms with Crippen LogP contribution in [0.5, 0.6) is 0 Å². The monoisotopic (exact) mass is 312 g/mol. The van der Waals surface area contributed by atoms with Crippen molar-refractivity contribution in [1.29, 1.82) is 0 Å². The number of nitrogens with two attached hydrogens (primary N) is 1. The number of carbonyl (C=O) groups is 1. The highest BCUT2D eigenvalue weighted by Crippen LogP contribution is 2.30. The predicted octanol–water partition coefficient (Wildman–Crippen LogP) is 2.59. The van der Waals surface area contributed by atoms with Gasteiger partial charge in [0.2, 0.25) is 5.91 Å². The molecule has 5 nitrogen and oxygen atoms in total. The average Bonchev–Trinajstić information content (AvgIpc) is 2.85. The van der Waals surface area contributed by atoms with E-state index in [0.29, 0.717) is 5.16 Å². The lowest BCUT2D eigenvalue weighted by Crippen LogP contribution is -2.13. The molecule has 22 heavy (non-hydrogen) atoms. The topological polar surface area (TPSA) is 73.3 Å². The van der Waals surface area contributed by atoms with Gasteiger partial charge in [-0.1, -0.05) is 42.1 Å². The number of imidazole rings is 1. The molecule has 3 rings (SSSR count). The molecule has 0 bridgehead atoms. The minimum atomic E-state index is -0.368. The Bertz CT molecular complexity index is 842. The van der Waals surface area contributed by atoms with Crippen molar-refractivity contribution in [3.05, 3.63) is 47.7 Å². The van der Waals surface area contributed by atoms with Crippen LogP contribution >= 0.6 is 11.8 Å². The largest absolute Gasteiger partial charge is 0.369 e. The van der Waals surface area contributed by atoms with Gasteiger partial charge in [0.15, 0.2) is 5.16 Å². The van der Waals surface area contributed by atoms with Crippen molar-refractivity contribution in [2.75, 3.05) is 5.75 Å². The van der Waals surface area contributed by atoms with Crippen LogP contribution in [0.2, 0.25) is 0 Å². The van der Waals surface area contributed by atoms with E-state index in [-0.39, 0.29) is 11.7 Å². The molecule has 0 saturated carbocycles. The summed E-state index contributed by atoms with van der Waals surface area (Å²) in [6.07, 6.45) is 0. The average molecular weight is 312 g/mol. The number of fused-ring (bicyclic) bond motifs is 1. The van der Waals surface area contributed by atoms with Gasteiger partial charge in [0, 0.05) is 5.56 Å². The van der Waals surface area contributed by atoms with Crippen LogP contribution in [-0.2, 0) is 4.79 Å². The van der Waals surface area contributed by atoms with Gasteiger partial charge in [-0.3, -0.25) is 4.79 Å². The minimum Gasteiger partial charge on any atom is -0.369 e. The Morgan fingerprint density at radius 1 is 1.27 bits per heavy atom. The number of aromatic nitrogens is 3. The normalized spacial score (nSPS) is 11.0. The Morgan fingerprint density at radius 3 is 2.68 bits per heavy atom. The Balaban J connectivity index is 2.22.